The molecule has 0 N–H and O–H groups in total. The van der Waals surface area contributed by atoms with Crippen molar-refractivity contribution in [3.63, 3.8) is 0 Å². The molecular formula is C14H20BrNO2S. The van der Waals surface area contributed by atoms with Crippen LogP contribution in [0, 0.1) is 0 Å². The van der Waals surface area contributed by atoms with Crippen molar-refractivity contribution in [2.45, 2.75) is 52.0 Å². The summed E-state index contributed by atoms with van der Waals surface area (Å²) in [5.41, 5.74) is 2.87. The number of halogens is 1. The quantitative estimate of drug-likeness (QED) is 0.833. The Hall–Kier alpha value is -0.550. The van der Waals surface area contributed by atoms with E-state index in [-0.39, 0.29) is 0 Å². The molecule has 0 unspecified atom stereocenters. The maximum absolute atomic E-state index is 11.7. The van der Waals surface area contributed by atoms with Gasteiger partial charge in [-0.05, 0) is 69.7 Å². The van der Waals surface area contributed by atoms with Gasteiger partial charge in [-0.15, -0.1) is 0 Å². The molecule has 0 spiro atoms. The van der Waals surface area contributed by atoms with Gasteiger partial charge in [0.15, 0.2) is 0 Å². The normalized spacial score (nSPS) is 15.4. The number of hydrogen-bond acceptors (Lipinski definition) is 2. The number of fused-ring (bicyclic) bond motifs is 1. The van der Waals surface area contributed by atoms with Gasteiger partial charge >= 0.3 is 0 Å². The lowest BCUT2D eigenvalue weighted by molar-refractivity contribution is 0.546. The smallest absolute Gasteiger partial charge is 0.225 e. The van der Waals surface area contributed by atoms with Crippen LogP contribution < -0.4 is 4.31 Å². The third-order valence-electron chi connectivity index (χ3n) is 3.48. The van der Waals surface area contributed by atoms with E-state index in [9.17, 15) is 8.42 Å². The highest BCUT2D eigenvalue weighted by molar-refractivity contribution is 9.10. The molecule has 0 saturated carbocycles. The largest absolute Gasteiger partial charge is 0.267 e. The van der Waals surface area contributed by atoms with E-state index in [2.05, 4.69) is 15.9 Å². The van der Waals surface area contributed by atoms with E-state index in [1.165, 1.54) is 21.9 Å². The summed E-state index contributed by atoms with van der Waals surface area (Å²) in [6, 6.07) is 3.89. The molecule has 0 aliphatic heterocycles. The standard InChI is InChI=1S/C14H20BrNO2S/c1-14(2,3)16(19(17)18)13-9-8-12(15)10-6-4-5-7-11(10)13/h8-9,19H,4-7H2,1-3H3. The first-order valence-corrected chi connectivity index (χ1v) is 8.49. The predicted octanol–water partition coefficient (Wildman–Crippen LogP) is 3.46. The van der Waals surface area contributed by atoms with Gasteiger partial charge in [-0.1, -0.05) is 15.9 Å². The van der Waals surface area contributed by atoms with Crippen molar-refractivity contribution >= 4 is 32.5 Å². The second-order valence-electron chi connectivity index (χ2n) is 5.95. The topological polar surface area (TPSA) is 37.4 Å². The van der Waals surface area contributed by atoms with Crippen LogP contribution >= 0.6 is 15.9 Å². The molecule has 1 aliphatic rings. The van der Waals surface area contributed by atoms with Crippen LogP contribution in [-0.2, 0) is 23.7 Å². The van der Waals surface area contributed by atoms with Gasteiger partial charge in [0.1, 0.15) is 0 Å². The van der Waals surface area contributed by atoms with Gasteiger partial charge < -0.3 is 0 Å². The van der Waals surface area contributed by atoms with Gasteiger partial charge in [0.2, 0.25) is 10.9 Å². The molecule has 19 heavy (non-hydrogen) atoms. The lowest BCUT2D eigenvalue weighted by Gasteiger charge is -2.35. The fourth-order valence-electron chi connectivity index (χ4n) is 2.70. The summed E-state index contributed by atoms with van der Waals surface area (Å²) in [5, 5.41) is 0. The van der Waals surface area contributed by atoms with E-state index in [1.54, 1.807) is 0 Å². The molecule has 2 rings (SSSR count). The maximum Gasteiger partial charge on any atom is 0.225 e. The summed E-state index contributed by atoms with van der Waals surface area (Å²) in [6.45, 7) is 5.78. The van der Waals surface area contributed by atoms with E-state index in [4.69, 9.17) is 0 Å². The fraction of sp³-hybridized carbons (Fsp3) is 0.571. The minimum atomic E-state index is -2.64. The number of thiol groups is 1. The Morgan fingerprint density at radius 3 is 2.21 bits per heavy atom. The molecule has 0 amide bonds. The summed E-state index contributed by atoms with van der Waals surface area (Å²) in [5.74, 6) is 0. The highest BCUT2D eigenvalue weighted by Gasteiger charge is 2.28. The van der Waals surface area contributed by atoms with Crippen molar-refractivity contribution < 1.29 is 8.42 Å². The zero-order chi connectivity index (χ0) is 14.2. The lowest BCUT2D eigenvalue weighted by Crippen LogP contribution is -2.41. The maximum atomic E-state index is 11.7. The van der Waals surface area contributed by atoms with E-state index < -0.39 is 16.4 Å². The SMILES string of the molecule is CC(C)(C)N(c1ccc(Br)c2c1CCCC2)[SH](=O)=O. The number of hydrogen-bond donors (Lipinski definition) is 1. The van der Waals surface area contributed by atoms with Crippen molar-refractivity contribution in [1.29, 1.82) is 0 Å². The molecule has 0 atom stereocenters. The summed E-state index contributed by atoms with van der Waals surface area (Å²) in [4.78, 5) is 0. The van der Waals surface area contributed by atoms with Crippen molar-refractivity contribution in [3.05, 3.63) is 27.7 Å². The first kappa shape index (κ1) is 14.9. The van der Waals surface area contributed by atoms with Crippen molar-refractivity contribution in [3.8, 4) is 0 Å². The van der Waals surface area contributed by atoms with E-state index in [0.29, 0.717) is 0 Å². The first-order valence-electron chi connectivity index (χ1n) is 6.57. The van der Waals surface area contributed by atoms with Crippen LogP contribution in [0.5, 0.6) is 0 Å². The van der Waals surface area contributed by atoms with Crippen LogP contribution in [0.1, 0.15) is 44.7 Å². The van der Waals surface area contributed by atoms with Gasteiger partial charge in [0, 0.05) is 10.0 Å². The monoisotopic (exact) mass is 345 g/mol. The van der Waals surface area contributed by atoms with E-state index in [1.807, 2.05) is 32.9 Å². The molecule has 0 aromatic heterocycles. The average molecular weight is 346 g/mol. The molecule has 5 heteroatoms. The average Bonchev–Trinajstić information content (AvgIpc) is 2.31. The molecule has 1 aromatic rings. The first-order chi connectivity index (χ1) is 8.82. The van der Waals surface area contributed by atoms with E-state index in [0.717, 1.165) is 29.4 Å². The fourth-order valence-corrected chi connectivity index (χ4v) is 4.12. The molecule has 1 aliphatic carbocycles. The second kappa shape index (κ2) is 5.44. The Morgan fingerprint density at radius 2 is 1.68 bits per heavy atom. The zero-order valence-electron chi connectivity index (χ0n) is 11.6. The summed E-state index contributed by atoms with van der Waals surface area (Å²) < 4.78 is 26.0. The van der Waals surface area contributed by atoms with Crippen LogP contribution in [-0.4, -0.2) is 14.0 Å². The van der Waals surface area contributed by atoms with Crippen LogP contribution in [0.4, 0.5) is 5.69 Å². The van der Waals surface area contributed by atoms with Crippen LogP contribution in [0.25, 0.3) is 0 Å². The van der Waals surface area contributed by atoms with Gasteiger partial charge in [0.25, 0.3) is 0 Å². The van der Waals surface area contributed by atoms with Gasteiger partial charge in [-0.3, -0.25) is 4.31 Å². The number of nitrogens with zero attached hydrogens (tertiary/aromatic N) is 1. The highest BCUT2D eigenvalue weighted by Crippen LogP contribution is 2.37. The summed E-state index contributed by atoms with van der Waals surface area (Å²) in [6.07, 6.45) is 4.29. The van der Waals surface area contributed by atoms with Crippen molar-refractivity contribution in [2.24, 2.45) is 0 Å². The van der Waals surface area contributed by atoms with Gasteiger partial charge in [-0.25, -0.2) is 8.42 Å². The summed E-state index contributed by atoms with van der Waals surface area (Å²) >= 11 is 3.58. The molecular weight excluding hydrogens is 326 g/mol. The van der Waals surface area contributed by atoms with Gasteiger partial charge in [-0.2, -0.15) is 0 Å². The molecule has 106 valence electrons. The van der Waals surface area contributed by atoms with Crippen LogP contribution in [0.15, 0.2) is 16.6 Å². The Balaban J connectivity index is 2.62. The molecule has 1 aromatic carbocycles. The Morgan fingerprint density at radius 1 is 1.11 bits per heavy atom. The Bertz CT molecular complexity index is 553. The Labute approximate surface area is 125 Å². The van der Waals surface area contributed by atoms with Gasteiger partial charge in [0.05, 0.1) is 5.69 Å². The number of rotatable bonds is 2. The van der Waals surface area contributed by atoms with Crippen LogP contribution in [0.3, 0.4) is 0 Å². The molecule has 0 heterocycles. The third-order valence-corrected chi connectivity index (χ3v) is 5.36. The highest BCUT2D eigenvalue weighted by atomic mass is 79.9. The van der Waals surface area contributed by atoms with Crippen molar-refractivity contribution in [2.75, 3.05) is 4.31 Å². The zero-order valence-corrected chi connectivity index (χ0v) is 14.1. The number of anilines is 1. The molecule has 0 bridgehead atoms. The number of benzene rings is 1. The molecule has 0 radical (unpaired) electrons. The minimum absolute atomic E-state index is 0.436. The van der Waals surface area contributed by atoms with E-state index >= 15 is 0 Å². The molecule has 3 nitrogen and oxygen atoms in total. The minimum Gasteiger partial charge on any atom is -0.267 e. The molecule has 0 saturated heterocycles. The predicted molar refractivity (Wildman–Crippen MR) is 83.3 cm³/mol. The summed E-state index contributed by atoms with van der Waals surface area (Å²) in [7, 11) is -2.64. The molecule has 0 fully saturated rings. The third kappa shape index (κ3) is 2.97. The Kier molecular flexibility index (Phi) is 4.26. The second-order valence-corrected chi connectivity index (χ2v) is 7.68. The lowest BCUT2D eigenvalue weighted by atomic mass is 9.90. The van der Waals surface area contributed by atoms with Crippen LogP contribution in [0.2, 0.25) is 0 Å². The van der Waals surface area contributed by atoms with Crippen molar-refractivity contribution in [1.82, 2.24) is 0 Å².